The van der Waals surface area contributed by atoms with Crippen molar-refractivity contribution in [3.63, 3.8) is 0 Å². The summed E-state index contributed by atoms with van der Waals surface area (Å²) in [7, 11) is 0. The SMILES string of the molecule is Cc1ccccc1-n1nc2c(c1Cl)CCC2. The molecule has 2 nitrogen and oxygen atoms in total. The topological polar surface area (TPSA) is 17.8 Å². The van der Waals surface area contributed by atoms with Crippen molar-refractivity contribution >= 4 is 11.6 Å². The van der Waals surface area contributed by atoms with Crippen LogP contribution in [0.25, 0.3) is 5.69 Å². The van der Waals surface area contributed by atoms with Gasteiger partial charge in [-0.1, -0.05) is 29.8 Å². The standard InChI is InChI=1S/C13H13ClN2/c1-9-5-2-3-8-12(9)16-13(14)10-6-4-7-11(10)15-16/h2-3,5,8H,4,6-7H2,1H3. The second-order valence-electron chi connectivity index (χ2n) is 4.27. The van der Waals surface area contributed by atoms with Gasteiger partial charge < -0.3 is 0 Å². The molecule has 0 fully saturated rings. The lowest BCUT2D eigenvalue weighted by Gasteiger charge is -2.07. The Kier molecular flexibility index (Phi) is 2.25. The number of benzene rings is 1. The van der Waals surface area contributed by atoms with Gasteiger partial charge in [0, 0.05) is 5.56 Å². The Hall–Kier alpha value is -1.28. The highest BCUT2D eigenvalue weighted by Gasteiger charge is 2.21. The quantitative estimate of drug-likeness (QED) is 0.738. The van der Waals surface area contributed by atoms with Crippen molar-refractivity contribution in [2.24, 2.45) is 0 Å². The van der Waals surface area contributed by atoms with Crippen molar-refractivity contribution in [1.82, 2.24) is 9.78 Å². The molecule has 2 aromatic rings. The average Bonchev–Trinajstić information content (AvgIpc) is 2.83. The number of halogens is 1. The molecule has 0 saturated carbocycles. The van der Waals surface area contributed by atoms with E-state index in [0.717, 1.165) is 23.7 Å². The van der Waals surface area contributed by atoms with Crippen molar-refractivity contribution in [2.45, 2.75) is 26.2 Å². The van der Waals surface area contributed by atoms with Gasteiger partial charge in [-0.05, 0) is 37.8 Å². The van der Waals surface area contributed by atoms with Crippen LogP contribution in [0.1, 0.15) is 23.2 Å². The molecule has 0 aliphatic heterocycles. The Labute approximate surface area is 99.9 Å². The Morgan fingerprint density at radius 3 is 2.81 bits per heavy atom. The molecule has 0 N–H and O–H groups in total. The molecular weight excluding hydrogens is 220 g/mol. The zero-order valence-corrected chi connectivity index (χ0v) is 9.96. The van der Waals surface area contributed by atoms with E-state index < -0.39 is 0 Å². The highest BCUT2D eigenvalue weighted by atomic mass is 35.5. The summed E-state index contributed by atoms with van der Waals surface area (Å²) in [4.78, 5) is 0. The lowest BCUT2D eigenvalue weighted by molar-refractivity contribution is 0.798. The molecule has 1 aliphatic rings. The average molecular weight is 233 g/mol. The third-order valence-electron chi connectivity index (χ3n) is 3.19. The molecule has 0 spiro atoms. The third-order valence-corrected chi connectivity index (χ3v) is 3.58. The van der Waals surface area contributed by atoms with Gasteiger partial charge in [-0.15, -0.1) is 0 Å². The zero-order chi connectivity index (χ0) is 11.1. The van der Waals surface area contributed by atoms with Crippen LogP contribution in [0, 0.1) is 6.92 Å². The van der Waals surface area contributed by atoms with Crippen LogP contribution in [0.2, 0.25) is 5.15 Å². The van der Waals surface area contributed by atoms with Crippen molar-refractivity contribution in [1.29, 1.82) is 0 Å². The lowest BCUT2D eigenvalue weighted by atomic mass is 10.2. The Morgan fingerprint density at radius 1 is 1.25 bits per heavy atom. The minimum absolute atomic E-state index is 0.793. The number of hydrogen-bond acceptors (Lipinski definition) is 1. The second kappa shape index (κ2) is 3.63. The van der Waals surface area contributed by atoms with Gasteiger partial charge >= 0.3 is 0 Å². The molecule has 1 heterocycles. The molecule has 1 aromatic carbocycles. The fraction of sp³-hybridized carbons (Fsp3) is 0.308. The molecule has 82 valence electrons. The molecule has 0 saturated heterocycles. The smallest absolute Gasteiger partial charge is 0.136 e. The summed E-state index contributed by atoms with van der Waals surface area (Å²) in [6.07, 6.45) is 3.32. The van der Waals surface area contributed by atoms with E-state index in [4.69, 9.17) is 11.6 Å². The zero-order valence-electron chi connectivity index (χ0n) is 9.20. The van der Waals surface area contributed by atoms with Gasteiger partial charge in [0.2, 0.25) is 0 Å². The summed E-state index contributed by atoms with van der Waals surface area (Å²) in [5, 5.41) is 5.40. The van der Waals surface area contributed by atoms with E-state index in [0.29, 0.717) is 0 Å². The lowest BCUT2D eigenvalue weighted by Crippen LogP contribution is -2.00. The van der Waals surface area contributed by atoms with Crippen LogP contribution in [-0.2, 0) is 12.8 Å². The number of nitrogens with zero attached hydrogens (tertiary/aromatic N) is 2. The minimum atomic E-state index is 0.793. The summed E-state index contributed by atoms with van der Waals surface area (Å²) in [6, 6.07) is 8.19. The highest BCUT2D eigenvalue weighted by Crippen LogP contribution is 2.30. The predicted molar refractivity (Wildman–Crippen MR) is 65.3 cm³/mol. The largest absolute Gasteiger partial charge is 0.221 e. The summed E-state index contributed by atoms with van der Waals surface area (Å²) in [5.74, 6) is 0. The monoisotopic (exact) mass is 232 g/mol. The molecule has 0 atom stereocenters. The number of aromatic nitrogens is 2. The van der Waals surface area contributed by atoms with E-state index in [1.807, 2.05) is 16.8 Å². The summed E-state index contributed by atoms with van der Waals surface area (Å²) < 4.78 is 1.88. The highest BCUT2D eigenvalue weighted by molar-refractivity contribution is 6.30. The van der Waals surface area contributed by atoms with E-state index in [-0.39, 0.29) is 0 Å². The Balaban J connectivity index is 2.18. The normalized spacial score (nSPS) is 14.1. The number of hydrogen-bond donors (Lipinski definition) is 0. The first-order valence-electron chi connectivity index (χ1n) is 5.59. The van der Waals surface area contributed by atoms with Crippen molar-refractivity contribution < 1.29 is 0 Å². The molecule has 0 amide bonds. The van der Waals surface area contributed by atoms with Crippen LogP contribution in [0.5, 0.6) is 0 Å². The predicted octanol–water partition coefficient (Wildman–Crippen LogP) is 3.32. The molecular formula is C13H13ClN2. The molecule has 3 heteroatoms. The van der Waals surface area contributed by atoms with Crippen molar-refractivity contribution in [2.75, 3.05) is 0 Å². The molecule has 1 aliphatic carbocycles. The number of fused-ring (bicyclic) bond motifs is 1. The molecule has 0 unspecified atom stereocenters. The summed E-state index contributed by atoms with van der Waals surface area (Å²) >= 11 is 6.38. The summed E-state index contributed by atoms with van der Waals surface area (Å²) in [6.45, 7) is 2.08. The van der Waals surface area contributed by atoms with Gasteiger partial charge in [0.1, 0.15) is 5.15 Å². The maximum Gasteiger partial charge on any atom is 0.136 e. The van der Waals surface area contributed by atoms with E-state index in [9.17, 15) is 0 Å². The minimum Gasteiger partial charge on any atom is -0.221 e. The molecule has 16 heavy (non-hydrogen) atoms. The van der Waals surface area contributed by atoms with Crippen LogP contribution < -0.4 is 0 Å². The third kappa shape index (κ3) is 1.37. The van der Waals surface area contributed by atoms with Crippen LogP contribution >= 0.6 is 11.6 Å². The van der Waals surface area contributed by atoms with Gasteiger partial charge in [0.05, 0.1) is 11.4 Å². The van der Waals surface area contributed by atoms with Gasteiger partial charge in [0.25, 0.3) is 0 Å². The van der Waals surface area contributed by atoms with Gasteiger partial charge in [0.15, 0.2) is 0 Å². The van der Waals surface area contributed by atoms with Crippen molar-refractivity contribution in [3.8, 4) is 5.69 Å². The van der Waals surface area contributed by atoms with Gasteiger partial charge in [-0.3, -0.25) is 0 Å². The molecule has 1 aromatic heterocycles. The summed E-state index contributed by atoms with van der Waals surface area (Å²) in [5.41, 5.74) is 4.70. The Bertz CT molecular complexity index is 543. The first-order chi connectivity index (χ1) is 7.77. The first kappa shape index (κ1) is 9.91. The van der Waals surface area contributed by atoms with Gasteiger partial charge in [-0.2, -0.15) is 5.10 Å². The van der Waals surface area contributed by atoms with E-state index >= 15 is 0 Å². The Morgan fingerprint density at radius 2 is 2.06 bits per heavy atom. The first-order valence-corrected chi connectivity index (χ1v) is 5.97. The molecule has 0 bridgehead atoms. The van der Waals surface area contributed by atoms with Crippen LogP contribution in [0.15, 0.2) is 24.3 Å². The number of para-hydroxylation sites is 1. The second-order valence-corrected chi connectivity index (χ2v) is 4.63. The fourth-order valence-corrected chi connectivity index (χ4v) is 2.65. The van der Waals surface area contributed by atoms with Crippen LogP contribution in [0.4, 0.5) is 0 Å². The van der Waals surface area contributed by atoms with E-state index in [2.05, 4.69) is 24.2 Å². The number of rotatable bonds is 1. The molecule has 3 rings (SSSR count). The van der Waals surface area contributed by atoms with Crippen LogP contribution in [-0.4, -0.2) is 9.78 Å². The maximum absolute atomic E-state index is 6.38. The fourth-order valence-electron chi connectivity index (χ4n) is 2.31. The van der Waals surface area contributed by atoms with Crippen LogP contribution in [0.3, 0.4) is 0 Å². The van der Waals surface area contributed by atoms with E-state index in [1.165, 1.54) is 23.2 Å². The van der Waals surface area contributed by atoms with Crippen molar-refractivity contribution in [3.05, 3.63) is 46.2 Å². The maximum atomic E-state index is 6.38. The van der Waals surface area contributed by atoms with E-state index in [1.54, 1.807) is 0 Å². The molecule has 0 radical (unpaired) electrons. The number of aryl methyl sites for hydroxylation is 2. The van der Waals surface area contributed by atoms with Gasteiger partial charge in [-0.25, -0.2) is 4.68 Å².